The molecule has 0 spiro atoms. The summed E-state index contributed by atoms with van der Waals surface area (Å²) >= 11 is 0. The van der Waals surface area contributed by atoms with Crippen LogP contribution in [0.15, 0.2) is 22.6 Å². The zero-order chi connectivity index (χ0) is 11.8. The molecule has 1 aliphatic rings. The highest BCUT2D eigenvalue weighted by Gasteiger charge is 2.18. The van der Waals surface area contributed by atoms with Gasteiger partial charge in [-0.25, -0.2) is 0 Å². The number of hydrogen-bond donors (Lipinski definition) is 0. The Morgan fingerprint density at radius 1 is 1.24 bits per heavy atom. The molecule has 2 aromatic rings. The van der Waals surface area contributed by atoms with Crippen LogP contribution in [0.5, 0.6) is 5.75 Å². The lowest BCUT2D eigenvalue weighted by atomic mass is 10.1. The molecule has 1 aliphatic heterocycles. The Kier molecular flexibility index (Phi) is 2.56. The first-order valence-corrected chi connectivity index (χ1v) is 6.05. The van der Waals surface area contributed by atoms with Crippen molar-refractivity contribution in [1.82, 2.24) is 4.90 Å². The third kappa shape index (κ3) is 1.80. The maximum atomic E-state index is 5.94. The fraction of sp³-hybridized carbons (Fsp3) is 0.429. The van der Waals surface area contributed by atoms with Crippen molar-refractivity contribution in [3.8, 4) is 5.75 Å². The van der Waals surface area contributed by atoms with E-state index in [9.17, 15) is 0 Å². The SMILES string of the molecule is COc1ccc2oc3c(c2c1)CCN(C)CC3. The number of likely N-dealkylation sites (N-methyl/N-ethyl adjacent to an activating group) is 1. The van der Waals surface area contributed by atoms with E-state index >= 15 is 0 Å². The molecule has 0 amide bonds. The Balaban J connectivity index is 2.12. The van der Waals surface area contributed by atoms with E-state index in [-0.39, 0.29) is 0 Å². The van der Waals surface area contributed by atoms with Crippen molar-refractivity contribution in [2.75, 3.05) is 27.2 Å². The van der Waals surface area contributed by atoms with E-state index in [1.165, 1.54) is 10.9 Å². The average Bonchev–Trinajstić information content (AvgIpc) is 2.60. The summed E-state index contributed by atoms with van der Waals surface area (Å²) in [5.41, 5.74) is 2.35. The molecule has 90 valence electrons. The Morgan fingerprint density at radius 2 is 2.06 bits per heavy atom. The first-order valence-electron chi connectivity index (χ1n) is 6.05. The molecule has 3 heteroatoms. The molecule has 0 N–H and O–H groups in total. The minimum absolute atomic E-state index is 0.902. The molecule has 2 heterocycles. The van der Waals surface area contributed by atoms with Crippen LogP contribution < -0.4 is 4.74 Å². The van der Waals surface area contributed by atoms with Crippen molar-refractivity contribution in [3.05, 3.63) is 29.5 Å². The number of methoxy groups -OCH3 is 1. The number of rotatable bonds is 1. The van der Waals surface area contributed by atoms with Crippen molar-refractivity contribution in [1.29, 1.82) is 0 Å². The van der Waals surface area contributed by atoms with Crippen LogP contribution in [-0.4, -0.2) is 32.1 Å². The molecule has 0 saturated carbocycles. The smallest absolute Gasteiger partial charge is 0.134 e. The van der Waals surface area contributed by atoms with Crippen LogP contribution in [0.1, 0.15) is 11.3 Å². The van der Waals surface area contributed by atoms with Crippen molar-refractivity contribution in [3.63, 3.8) is 0 Å². The molecule has 0 bridgehead atoms. The van der Waals surface area contributed by atoms with E-state index in [0.29, 0.717) is 0 Å². The molecule has 1 aromatic heterocycles. The number of fused-ring (bicyclic) bond motifs is 3. The van der Waals surface area contributed by atoms with E-state index in [0.717, 1.165) is 43.0 Å². The van der Waals surface area contributed by atoms with Crippen LogP contribution in [-0.2, 0) is 12.8 Å². The third-order valence-electron chi connectivity index (χ3n) is 3.55. The Morgan fingerprint density at radius 3 is 2.88 bits per heavy atom. The summed E-state index contributed by atoms with van der Waals surface area (Å²) in [6.45, 7) is 2.17. The maximum Gasteiger partial charge on any atom is 0.134 e. The van der Waals surface area contributed by atoms with Crippen LogP contribution in [0.3, 0.4) is 0 Å². The van der Waals surface area contributed by atoms with Crippen molar-refractivity contribution < 1.29 is 9.15 Å². The summed E-state index contributed by atoms with van der Waals surface area (Å²) in [5, 5.41) is 1.22. The van der Waals surface area contributed by atoms with Gasteiger partial charge in [-0.2, -0.15) is 0 Å². The standard InChI is InChI=1S/C14H17NO2/c1-15-7-5-11-12-9-10(16-2)3-4-13(12)17-14(11)6-8-15/h3-4,9H,5-8H2,1-2H3. The Labute approximate surface area is 101 Å². The molecule has 3 nitrogen and oxygen atoms in total. The van der Waals surface area contributed by atoms with Gasteiger partial charge in [-0.15, -0.1) is 0 Å². The van der Waals surface area contributed by atoms with E-state index in [4.69, 9.17) is 9.15 Å². The maximum absolute atomic E-state index is 5.94. The van der Waals surface area contributed by atoms with Crippen molar-refractivity contribution >= 4 is 11.0 Å². The van der Waals surface area contributed by atoms with Crippen LogP contribution in [0.4, 0.5) is 0 Å². The molecule has 3 rings (SSSR count). The second-order valence-corrected chi connectivity index (χ2v) is 4.67. The monoisotopic (exact) mass is 231 g/mol. The van der Waals surface area contributed by atoms with Gasteiger partial charge in [-0.3, -0.25) is 0 Å². The summed E-state index contributed by atoms with van der Waals surface area (Å²) < 4.78 is 11.2. The zero-order valence-corrected chi connectivity index (χ0v) is 10.3. The van der Waals surface area contributed by atoms with Crippen molar-refractivity contribution in [2.24, 2.45) is 0 Å². The summed E-state index contributed by atoms with van der Waals surface area (Å²) in [6.07, 6.45) is 2.06. The number of ether oxygens (including phenoxy) is 1. The van der Waals surface area contributed by atoms with Crippen molar-refractivity contribution in [2.45, 2.75) is 12.8 Å². The second kappa shape index (κ2) is 4.08. The number of nitrogens with zero attached hydrogens (tertiary/aromatic N) is 1. The highest BCUT2D eigenvalue weighted by molar-refractivity contribution is 5.84. The van der Waals surface area contributed by atoms with E-state index in [2.05, 4.69) is 18.0 Å². The molecular weight excluding hydrogens is 214 g/mol. The van der Waals surface area contributed by atoms with Gasteiger partial charge in [0.25, 0.3) is 0 Å². The number of benzene rings is 1. The number of hydrogen-bond acceptors (Lipinski definition) is 3. The molecule has 1 aromatic carbocycles. The third-order valence-corrected chi connectivity index (χ3v) is 3.55. The fourth-order valence-corrected chi connectivity index (χ4v) is 2.49. The van der Waals surface area contributed by atoms with Gasteiger partial charge in [0.15, 0.2) is 0 Å². The molecule has 17 heavy (non-hydrogen) atoms. The zero-order valence-electron chi connectivity index (χ0n) is 10.3. The topological polar surface area (TPSA) is 25.6 Å². The normalized spacial score (nSPS) is 16.8. The first-order chi connectivity index (χ1) is 8.28. The largest absolute Gasteiger partial charge is 0.497 e. The van der Waals surface area contributed by atoms with Gasteiger partial charge in [-0.05, 0) is 31.7 Å². The lowest BCUT2D eigenvalue weighted by Crippen LogP contribution is -2.20. The van der Waals surface area contributed by atoms with Crippen LogP contribution in [0.2, 0.25) is 0 Å². The van der Waals surface area contributed by atoms with Crippen LogP contribution >= 0.6 is 0 Å². The number of furan rings is 1. The quantitative estimate of drug-likeness (QED) is 0.754. The first kappa shape index (κ1) is 10.7. The fourth-order valence-electron chi connectivity index (χ4n) is 2.49. The molecule has 0 unspecified atom stereocenters. The molecular formula is C14H17NO2. The van der Waals surface area contributed by atoms with Gasteiger partial charge in [0, 0.05) is 30.5 Å². The average molecular weight is 231 g/mol. The minimum Gasteiger partial charge on any atom is -0.497 e. The van der Waals surface area contributed by atoms with Gasteiger partial charge >= 0.3 is 0 Å². The van der Waals surface area contributed by atoms with Gasteiger partial charge < -0.3 is 14.1 Å². The lowest BCUT2D eigenvalue weighted by molar-refractivity contribution is 0.346. The van der Waals surface area contributed by atoms with Crippen LogP contribution in [0, 0.1) is 0 Å². The Hall–Kier alpha value is -1.48. The van der Waals surface area contributed by atoms with E-state index < -0.39 is 0 Å². The predicted octanol–water partition coefficient (Wildman–Crippen LogP) is 2.47. The Bertz CT molecular complexity index is 544. The minimum atomic E-state index is 0.902. The second-order valence-electron chi connectivity index (χ2n) is 4.67. The summed E-state index contributed by atoms with van der Waals surface area (Å²) in [5.74, 6) is 2.05. The molecule has 0 radical (unpaired) electrons. The van der Waals surface area contributed by atoms with Gasteiger partial charge in [0.05, 0.1) is 7.11 Å². The van der Waals surface area contributed by atoms with E-state index in [1.807, 2.05) is 12.1 Å². The molecule has 0 aliphatic carbocycles. The highest BCUT2D eigenvalue weighted by atomic mass is 16.5. The molecule has 0 saturated heterocycles. The van der Waals surface area contributed by atoms with Gasteiger partial charge in [-0.1, -0.05) is 0 Å². The molecule has 0 fully saturated rings. The van der Waals surface area contributed by atoms with Gasteiger partial charge in [0.2, 0.25) is 0 Å². The summed E-state index contributed by atoms with van der Waals surface area (Å²) in [4.78, 5) is 2.35. The molecule has 0 atom stereocenters. The van der Waals surface area contributed by atoms with E-state index in [1.54, 1.807) is 7.11 Å². The van der Waals surface area contributed by atoms with Crippen LogP contribution in [0.25, 0.3) is 11.0 Å². The lowest BCUT2D eigenvalue weighted by Gasteiger charge is -2.11. The summed E-state index contributed by atoms with van der Waals surface area (Å²) in [7, 11) is 3.86. The highest BCUT2D eigenvalue weighted by Crippen LogP contribution is 2.31. The van der Waals surface area contributed by atoms with Gasteiger partial charge in [0.1, 0.15) is 17.1 Å². The predicted molar refractivity (Wildman–Crippen MR) is 67.7 cm³/mol. The summed E-state index contributed by atoms with van der Waals surface area (Å²) in [6, 6.07) is 6.05.